The van der Waals surface area contributed by atoms with E-state index in [9.17, 15) is 18.0 Å². The van der Waals surface area contributed by atoms with Gasteiger partial charge in [0.2, 0.25) is 0 Å². The topological polar surface area (TPSA) is 59.5 Å². The highest BCUT2D eigenvalue weighted by Gasteiger charge is 2.41. The minimum Gasteiger partial charge on any atom is -0.467 e. The first kappa shape index (κ1) is 13.9. The molecular formula is C12H15F3N2O2. The molecule has 2 N–H and O–H groups in total. The Morgan fingerprint density at radius 3 is 2.53 bits per heavy atom. The minimum atomic E-state index is -4.17. The van der Waals surface area contributed by atoms with Crippen molar-refractivity contribution in [2.75, 3.05) is 13.1 Å². The maximum atomic E-state index is 12.5. The maximum Gasteiger partial charge on any atom is 0.391 e. The van der Waals surface area contributed by atoms with Crippen LogP contribution in [0.1, 0.15) is 29.0 Å². The lowest BCUT2D eigenvalue weighted by molar-refractivity contribution is -0.183. The summed E-state index contributed by atoms with van der Waals surface area (Å²) in [6, 6.07) is 1.53. The molecule has 7 heteroatoms. The van der Waals surface area contributed by atoms with Crippen LogP contribution in [0.15, 0.2) is 16.7 Å². The summed E-state index contributed by atoms with van der Waals surface area (Å²) in [5, 5.41) is 0. The fraction of sp³-hybridized carbons (Fsp3) is 0.583. The first-order chi connectivity index (χ1) is 8.91. The van der Waals surface area contributed by atoms with Crippen molar-refractivity contribution in [3.05, 3.63) is 23.7 Å². The van der Waals surface area contributed by atoms with Gasteiger partial charge in [-0.1, -0.05) is 0 Å². The Labute approximate surface area is 108 Å². The van der Waals surface area contributed by atoms with Crippen LogP contribution in [0, 0.1) is 5.92 Å². The Bertz CT molecular complexity index is 448. The third-order valence-corrected chi connectivity index (χ3v) is 3.35. The SMILES string of the molecule is NCc1cc(C(=O)N2CCC(C(F)(F)F)CC2)co1. The van der Waals surface area contributed by atoms with Gasteiger partial charge in [0, 0.05) is 13.1 Å². The average Bonchev–Trinajstić information content (AvgIpc) is 2.86. The molecular weight excluding hydrogens is 261 g/mol. The number of carbonyl (C=O) groups is 1. The lowest BCUT2D eigenvalue weighted by Crippen LogP contribution is -2.42. The van der Waals surface area contributed by atoms with Gasteiger partial charge < -0.3 is 15.1 Å². The Hall–Kier alpha value is -1.50. The molecule has 0 saturated carbocycles. The highest BCUT2D eigenvalue weighted by atomic mass is 19.4. The van der Waals surface area contributed by atoms with Crippen molar-refractivity contribution in [1.29, 1.82) is 0 Å². The molecule has 1 saturated heterocycles. The van der Waals surface area contributed by atoms with E-state index >= 15 is 0 Å². The number of rotatable bonds is 2. The van der Waals surface area contributed by atoms with E-state index in [1.54, 1.807) is 0 Å². The van der Waals surface area contributed by atoms with Crippen molar-refractivity contribution in [3.63, 3.8) is 0 Å². The molecule has 0 aromatic carbocycles. The van der Waals surface area contributed by atoms with E-state index in [1.807, 2.05) is 0 Å². The van der Waals surface area contributed by atoms with Crippen LogP contribution in [0.25, 0.3) is 0 Å². The second kappa shape index (κ2) is 5.24. The van der Waals surface area contributed by atoms with Crippen molar-refractivity contribution < 1.29 is 22.4 Å². The van der Waals surface area contributed by atoms with Crippen LogP contribution >= 0.6 is 0 Å². The third kappa shape index (κ3) is 3.09. The number of alkyl halides is 3. The molecule has 1 aromatic heterocycles. The number of nitrogens with two attached hydrogens (primary N) is 1. The van der Waals surface area contributed by atoms with Gasteiger partial charge in [-0.25, -0.2) is 0 Å². The monoisotopic (exact) mass is 276 g/mol. The lowest BCUT2D eigenvalue weighted by atomic mass is 9.96. The largest absolute Gasteiger partial charge is 0.467 e. The second-order valence-electron chi connectivity index (χ2n) is 4.61. The molecule has 0 aliphatic carbocycles. The highest BCUT2D eigenvalue weighted by molar-refractivity contribution is 5.94. The molecule has 0 atom stereocenters. The minimum absolute atomic E-state index is 0.0448. The van der Waals surface area contributed by atoms with E-state index in [1.165, 1.54) is 17.2 Å². The molecule has 1 aliphatic heterocycles. The quantitative estimate of drug-likeness (QED) is 0.900. The van der Waals surface area contributed by atoms with E-state index in [4.69, 9.17) is 10.2 Å². The first-order valence-electron chi connectivity index (χ1n) is 6.05. The maximum absolute atomic E-state index is 12.5. The highest BCUT2D eigenvalue weighted by Crippen LogP contribution is 2.34. The zero-order chi connectivity index (χ0) is 14.0. The van der Waals surface area contributed by atoms with E-state index in [2.05, 4.69) is 0 Å². The van der Waals surface area contributed by atoms with Gasteiger partial charge in [-0.15, -0.1) is 0 Å². The number of halogens is 3. The number of piperidine rings is 1. The number of hydrogen-bond donors (Lipinski definition) is 1. The molecule has 19 heavy (non-hydrogen) atoms. The summed E-state index contributed by atoms with van der Waals surface area (Å²) in [4.78, 5) is 13.5. The molecule has 1 fully saturated rings. The molecule has 0 radical (unpaired) electrons. The standard InChI is InChI=1S/C12H15F3N2O2/c13-12(14,15)9-1-3-17(4-2-9)11(18)8-5-10(6-16)19-7-8/h5,7,9H,1-4,6,16H2. The van der Waals surface area contributed by atoms with Crippen LogP contribution in [0.4, 0.5) is 13.2 Å². The van der Waals surface area contributed by atoms with Gasteiger partial charge in [0.25, 0.3) is 5.91 Å². The van der Waals surface area contributed by atoms with Crippen LogP contribution in [-0.2, 0) is 6.54 Å². The molecule has 1 amide bonds. The Morgan fingerprint density at radius 2 is 2.05 bits per heavy atom. The average molecular weight is 276 g/mol. The van der Waals surface area contributed by atoms with E-state index in [0.29, 0.717) is 11.3 Å². The van der Waals surface area contributed by atoms with E-state index in [-0.39, 0.29) is 38.4 Å². The number of nitrogens with zero attached hydrogens (tertiary/aromatic N) is 1. The number of amides is 1. The third-order valence-electron chi connectivity index (χ3n) is 3.35. The van der Waals surface area contributed by atoms with Crippen molar-refractivity contribution in [1.82, 2.24) is 4.90 Å². The van der Waals surface area contributed by atoms with Crippen molar-refractivity contribution in [3.8, 4) is 0 Å². The predicted octanol–water partition coefficient (Wildman–Crippen LogP) is 2.15. The summed E-state index contributed by atoms with van der Waals surface area (Å²) < 4.78 is 42.6. The van der Waals surface area contributed by atoms with Gasteiger partial charge in [-0.2, -0.15) is 13.2 Å². The van der Waals surface area contributed by atoms with Crippen LogP contribution < -0.4 is 5.73 Å². The number of likely N-dealkylation sites (tertiary alicyclic amines) is 1. The Kier molecular flexibility index (Phi) is 3.84. The summed E-state index contributed by atoms with van der Waals surface area (Å²) in [6.07, 6.45) is -2.97. The summed E-state index contributed by atoms with van der Waals surface area (Å²) in [5.41, 5.74) is 5.70. The van der Waals surface area contributed by atoms with Crippen molar-refractivity contribution in [2.45, 2.75) is 25.6 Å². The summed E-state index contributed by atoms with van der Waals surface area (Å²) in [7, 11) is 0. The van der Waals surface area contributed by atoms with Gasteiger partial charge in [-0.05, 0) is 18.9 Å². The predicted molar refractivity (Wildman–Crippen MR) is 61.3 cm³/mol. The van der Waals surface area contributed by atoms with Crippen LogP contribution in [0.2, 0.25) is 0 Å². The Morgan fingerprint density at radius 1 is 1.42 bits per heavy atom. The number of carbonyl (C=O) groups excluding carboxylic acids is 1. The molecule has 2 rings (SSSR count). The summed E-state index contributed by atoms with van der Waals surface area (Å²) in [6.45, 7) is 0.418. The number of hydrogen-bond acceptors (Lipinski definition) is 3. The molecule has 0 spiro atoms. The van der Waals surface area contributed by atoms with Gasteiger partial charge in [0.05, 0.1) is 18.0 Å². The van der Waals surface area contributed by atoms with E-state index in [0.717, 1.165) is 0 Å². The molecule has 1 aliphatic rings. The molecule has 1 aromatic rings. The van der Waals surface area contributed by atoms with Gasteiger partial charge >= 0.3 is 6.18 Å². The molecule has 106 valence electrons. The fourth-order valence-electron chi connectivity index (χ4n) is 2.19. The first-order valence-corrected chi connectivity index (χ1v) is 6.05. The van der Waals surface area contributed by atoms with Gasteiger partial charge in [-0.3, -0.25) is 4.79 Å². The molecule has 0 unspecified atom stereocenters. The van der Waals surface area contributed by atoms with Crippen LogP contribution in [0.3, 0.4) is 0 Å². The molecule has 4 nitrogen and oxygen atoms in total. The number of furan rings is 1. The van der Waals surface area contributed by atoms with Crippen LogP contribution in [-0.4, -0.2) is 30.1 Å². The smallest absolute Gasteiger partial charge is 0.391 e. The molecule has 2 heterocycles. The lowest BCUT2D eigenvalue weighted by Gasteiger charge is -2.32. The zero-order valence-corrected chi connectivity index (χ0v) is 10.2. The van der Waals surface area contributed by atoms with Crippen molar-refractivity contribution in [2.24, 2.45) is 11.7 Å². The molecule has 0 bridgehead atoms. The zero-order valence-electron chi connectivity index (χ0n) is 10.2. The normalized spacial score (nSPS) is 17.8. The summed E-state index contributed by atoms with van der Waals surface area (Å²) in [5.74, 6) is -1.13. The van der Waals surface area contributed by atoms with E-state index < -0.39 is 12.1 Å². The van der Waals surface area contributed by atoms with Gasteiger partial charge in [0.1, 0.15) is 12.0 Å². The Balaban J connectivity index is 1.96. The fourth-order valence-corrected chi connectivity index (χ4v) is 2.19. The van der Waals surface area contributed by atoms with Crippen LogP contribution in [0.5, 0.6) is 0 Å². The van der Waals surface area contributed by atoms with Gasteiger partial charge in [0.15, 0.2) is 0 Å². The van der Waals surface area contributed by atoms with Crippen molar-refractivity contribution >= 4 is 5.91 Å². The second-order valence-corrected chi connectivity index (χ2v) is 4.61. The summed E-state index contributed by atoms with van der Waals surface area (Å²) >= 11 is 0.